The van der Waals surface area contributed by atoms with Crippen molar-refractivity contribution in [3.8, 4) is 11.4 Å². The number of carbonyl (C=O) groups excluding carboxylic acids is 3. The molecule has 0 unspecified atom stereocenters. The Morgan fingerprint density at radius 2 is 1.67 bits per heavy atom. The van der Waals surface area contributed by atoms with Crippen LogP contribution in [-0.4, -0.2) is 122 Å². The molecule has 3 heterocycles. The van der Waals surface area contributed by atoms with Crippen LogP contribution in [0, 0.1) is 5.82 Å². The predicted octanol–water partition coefficient (Wildman–Crippen LogP) is 4.34. The number of ether oxygens (including phenoxy) is 2. The highest BCUT2D eigenvalue weighted by molar-refractivity contribution is 7.53. The summed E-state index contributed by atoms with van der Waals surface area (Å²) in [6.07, 6.45) is 1.86. The number of carbonyl (C=O) groups is 3. The van der Waals surface area contributed by atoms with E-state index in [1.165, 1.54) is 24.3 Å². The number of piperazine rings is 1. The number of rotatable bonds is 16. The number of unbranched alkanes of at least 4 members (excludes halogenated alkanes) is 1. The second-order valence-electron chi connectivity index (χ2n) is 11.8. The third kappa shape index (κ3) is 10.7. The molecule has 2 atom stereocenters. The molecule has 0 saturated carbocycles. The molecule has 3 amide bonds. The molecule has 1 aromatic heterocycles. The molecule has 270 valence electrons. The van der Waals surface area contributed by atoms with Crippen molar-refractivity contribution < 1.29 is 41.9 Å². The molecular formula is C33H48FN6O8P. The monoisotopic (exact) mass is 706 g/mol. The van der Waals surface area contributed by atoms with Gasteiger partial charge in [0.2, 0.25) is 5.91 Å². The number of hydrogen-bond acceptors (Lipinski definition) is 11. The lowest BCUT2D eigenvalue weighted by Gasteiger charge is -2.36. The minimum Gasteiger partial charge on any atom is -0.449 e. The normalized spacial score (nSPS) is 17.2. The largest absolute Gasteiger partial charge is 0.449 e. The molecule has 0 spiro atoms. The van der Waals surface area contributed by atoms with Gasteiger partial charge in [0.05, 0.1) is 32.1 Å². The van der Waals surface area contributed by atoms with E-state index in [9.17, 15) is 23.3 Å². The fraction of sp³-hybridized carbons (Fsp3) is 0.606. The van der Waals surface area contributed by atoms with E-state index in [0.29, 0.717) is 31.1 Å². The standard InChI is InChI=1S/C33H48FN6O8P/c1-5-8-20-46-33(43)39-18-16-38(17-19-39)32(42)27(14-21-49(44,47-6-2)48-7-3)36-31(41)28-22-29(40-15-13-26(23-40)45-4)37-30(35-28)24-9-11-25(34)12-10-24/h9-12,22,26-27H,5-8,13-21,23H2,1-4H3,(H,36,41)/t26-,27-/m0/s1. The highest BCUT2D eigenvalue weighted by atomic mass is 31.2. The van der Waals surface area contributed by atoms with Gasteiger partial charge in [0.25, 0.3) is 5.91 Å². The van der Waals surface area contributed by atoms with Gasteiger partial charge in [-0.05, 0) is 57.4 Å². The zero-order valence-electron chi connectivity index (χ0n) is 28.8. The van der Waals surface area contributed by atoms with Gasteiger partial charge in [-0.15, -0.1) is 0 Å². The molecule has 0 radical (unpaired) electrons. The van der Waals surface area contributed by atoms with Crippen LogP contribution in [0.15, 0.2) is 30.3 Å². The van der Waals surface area contributed by atoms with E-state index in [0.717, 1.165) is 19.3 Å². The summed E-state index contributed by atoms with van der Waals surface area (Å²) in [6, 6.07) is 6.08. The SMILES string of the molecule is CCCCOC(=O)N1CCN(C(=O)[C@H](CCP(=O)(OCC)OCC)NC(=O)c2cc(N3CC[C@H](OC)C3)nc(-c3ccc(F)cc3)n2)CC1. The van der Waals surface area contributed by atoms with Crippen LogP contribution in [0.4, 0.5) is 15.0 Å². The molecule has 14 nitrogen and oxygen atoms in total. The molecule has 1 N–H and O–H groups in total. The molecule has 49 heavy (non-hydrogen) atoms. The Labute approximate surface area is 287 Å². The number of methoxy groups -OCH3 is 1. The van der Waals surface area contributed by atoms with E-state index in [-0.39, 0.29) is 69.6 Å². The van der Waals surface area contributed by atoms with E-state index in [2.05, 4.69) is 15.3 Å². The van der Waals surface area contributed by atoms with Crippen molar-refractivity contribution in [1.29, 1.82) is 0 Å². The van der Waals surface area contributed by atoms with E-state index < -0.39 is 37.4 Å². The second kappa shape index (κ2) is 18.4. The van der Waals surface area contributed by atoms with E-state index in [4.69, 9.17) is 18.5 Å². The third-order valence-electron chi connectivity index (χ3n) is 8.37. The molecule has 2 aliphatic heterocycles. The zero-order valence-corrected chi connectivity index (χ0v) is 29.7. The van der Waals surface area contributed by atoms with Gasteiger partial charge in [-0.1, -0.05) is 13.3 Å². The fourth-order valence-corrected chi connectivity index (χ4v) is 7.32. The van der Waals surface area contributed by atoms with Crippen LogP contribution in [0.5, 0.6) is 0 Å². The van der Waals surface area contributed by atoms with Crippen molar-refractivity contribution in [3.05, 3.63) is 41.8 Å². The van der Waals surface area contributed by atoms with Gasteiger partial charge in [-0.3, -0.25) is 14.2 Å². The number of anilines is 1. The van der Waals surface area contributed by atoms with Crippen LogP contribution in [0.1, 0.15) is 56.9 Å². The Morgan fingerprint density at radius 3 is 2.29 bits per heavy atom. The van der Waals surface area contributed by atoms with Gasteiger partial charge in [-0.25, -0.2) is 19.2 Å². The third-order valence-corrected chi connectivity index (χ3v) is 10.5. The summed E-state index contributed by atoms with van der Waals surface area (Å²) in [6.45, 7) is 8.22. The summed E-state index contributed by atoms with van der Waals surface area (Å²) >= 11 is 0. The Bertz CT molecular complexity index is 1450. The number of aromatic nitrogens is 2. The summed E-state index contributed by atoms with van der Waals surface area (Å²) < 4.78 is 48.8. The number of amides is 3. The minimum absolute atomic E-state index is 0.000403. The van der Waals surface area contributed by atoms with Crippen molar-refractivity contribution in [2.24, 2.45) is 0 Å². The summed E-state index contributed by atoms with van der Waals surface area (Å²) in [5, 5.41) is 2.82. The Hall–Kier alpha value is -3.65. The minimum atomic E-state index is -3.55. The first-order valence-electron chi connectivity index (χ1n) is 16.9. The molecule has 0 bridgehead atoms. The summed E-state index contributed by atoms with van der Waals surface area (Å²) in [5.74, 6) is -0.769. The maximum atomic E-state index is 14.0. The molecule has 2 fully saturated rings. The Morgan fingerprint density at radius 1 is 1.00 bits per heavy atom. The molecular weight excluding hydrogens is 658 g/mol. The van der Waals surface area contributed by atoms with Crippen molar-refractivity contribution in [1.82, 2.24) is 25.1 Å². The molecule has 0 aliphatic carbocycles. The van der Waals surface area contributed by atoms with Crippen LogP contribution in [0.25, 0.3) is 11.4 Å². The van der Waals surface area contributed by atoms with Crippen LogP contribution in [-0.2, 0) is 27.9 Å². The fourth-order valence-electron chi connectivity index (χ4n) is 5.63. The smallest absolute Gasteiger partial charge is 0.409 e. The second-order valence-corrected chi connectivity index (χ2v) is 14.0. The van der Waals surface area contributed by atoms with Gasteiger partial charge >= 0.3 is 13.7 Å². The summed E-state index contributed by atoms with van der Waals surface area (Å²) in [7, 11) is -1.91. The highest BCUT2D eigenvalue weighted by Gasteiger charge is 2.34. The Balaban J connectivity index is 1.58. The number of benzene rings is 1. The van der Waals surface area contributed by atoms with Crippen molar-refractivity contribution in [2.75, 3.05) is 77.3 Å². The van der Waals surface area contributed by atoms with Crippen LogP contribution in [0.3, 0.4) is 0 Å². The topological polar surface area (TPSA) is 153 Å². The number of halogens is 1. The first kappa shape index (κ1) is 38.2. The zero-order chi connectivity index (χ0) is 35.4. The van der Waals surface area contributed by atoms with Gasteiger partial charge < -0.3 is 38.5 Å². The maximum absolute atomic E-state index is 14.0. The lowest BCUT2D eigenvalue weighted by molar-refractivity contribution is -0.134. The van der Waals surface area contributed by atoms with Gasteiger partial charge in [0.1, 0.15) is 23.4 Å². The van der Waals surface area contributed by atoms with Crippen LogP contribution >= 0.6 is 7.60 Å². The lowest BCUT2D eigenvalue weighted by Crippen LogP contribution is -2.56. The molecule has 1 aromatic carbocycles. The number of nitrogens with zero attached hydrogens (tertiary/aromatic N) is 5. The highest BCUT2D eigenvalue weighted by Crippen LogP contribution is 2.48. The van der Waals surface area contributed by atoms with E-state index in [1.54, 1.807) is 36.8 Å². The van der Waals surface area contributed by atoms with E-state index in [1.807, 2.05) is 11.8 Å². The molecule has 2 saturated heterocycles. The lowest BCUT2D eigenvalue weighted by atomic mass is 10.1. The summed E-state index contributed by atoms with van der Waals surface area (Å²) in [5.41, 5.74) is 0.508. The molecule has 2 aromatic rings. The average molecular weight is 707 g/mol. The van der Waals surface area contributed by atoms with Crippen LogP contribution in [0.2, 0.25) is 0 Å². The quantitative estimate of drug-likeness (QED) is 0.196. The molecule has 16 heteroatoms. The van der Waals surface area contributed by atoms with Crippen molar-refractivity contribution in [3.63, 3.8) is 0 Å². The first-order valence-corrected chi connectivity index (χ1v) is 18.6. The van der Waals surface area contributed by atoms with Crippen LogP contribution < -0.4 is 10.2 Å². The summed E-state index contributed by atoms with van der Waals surface area (Å²) in [4.78, 5) is 54.7. The van der Waals surface area contributed by atoms with E-state index >= 15 is 0 Å². The number of hydrogen-bond donors (Lipinski definition) is 1. The van der Waals surface area contributed by atoms with Gasteiger partial charge in [-0.2, -0.15) is 0 Å². The maximum Gasteiger partial charge on any atom is 0.409 e. The van der Waals surface area contributed by atoms with Crippen molar-refractivity contribution >= 4 is 31.3 Å². The Kier molecular flexibility index (Phi) is 14.3. The first-order chi connectivity index (χ1) is 23.6. The molecule has 2 aliphatic rings. The number of nitrogens with one attached hydrogen (secondary N) is 1. The molecule has 4 rings (SSSR count). The predicted molar refractivity (Wildman–Crippen MR) is 181 cm³/mol. The van der Waals surface area contributed by atoms with Gasteiger partial charge in [0.15, 0.2) is 5.82 Å². The van der Waals surface area contributed by atoms with Crippen molar-refractivity contribution in [2.45, 2.75) is 58.6 Å². The average Bonchev–Trinajstić information content (AvgIpc) is 3.60. The van der Waals surface area contributed by atoms with Gasteiger partial charge in [0, 0.05) is 58.0 Å².